The summed E-state index contributed by atoms with van der Waals surface area (Å²) in [5.74, 6) is 0.769. The average Bonchev–Trinajstić information content (AvgIpc) is 3.52. The quantitative estimate of drug-likeness (QED) is 0.152. The van der Waals surface area contributed by atoms with Crippen LogP contribution in [0, 0.1) is 0 Å². The zero-order valence-electron chi connectivity index (χ0n) is 32.0. The molecule has 8 aromatic carbocycles. The molecule has 10 rings (SSSR count). The maximum absolute atomic E-state index is 5.47. The Morgan fingerprint density at radius 1 is 0.316 bits per heavy atom. The summed E-state index contributed by atoms with van der Waals surface area (Å²) in [5, 5.41) is 2.63. The first-order valence-electron chi connectivity index (χ1n) is 19.6. The molecule has 2 heterocycles. The van der Waals surface area contributed by atoms with Crippen LogP contribution in [0.1, 0.15) is 0 Å². The Labute approximate surface area is 335 Å². The van der Waals surface area contributed by atoms with Crippen molar-refractivity contribution >= 4 is 18.6 Å². The molecule has 270 valence electrons. The summed E-state index contributed by atoms with van der Waals surface area (Å²) in [6.07, 6.45) is 0. The summed E-state index contributed by atoms with van der Waals surface area (Å²) in [5.41, 5.74) is 17.3. The molecule has 0 N–H and O–H groups in total. The van der Waals surface area contributed by atoms with Gasteiger partial charge in [-0.25, -0.2) is 9.97 Å². The van der Waals surface area contributed by atoms with Crippen LogP contribution < -0.4 is 10.5 Å². The Balaban J connectivity index is 1.15. The molecule has 0 radical (unpaired) electrons. The minimum Gasteiger partial charge on any atom is -0.237 e. The highest BCUT2D eigenvalue weighted by Gasteiger charge is 2.41. The van der Waals surface area contributed by atoms with Crippen molar-refractivity contribution in [2.45, 2.75) is 13.1 Å². The van der Waals surface area contributed by atoms with E-state index in [1.54, 1.807) is 0 Å². The first kappa shape index (κ1) is 34.5. The lowest BCUT2D eigenvalue weighted by molar-refractivity contribution is 1.21. The van der Waals surface area contributed by atoms with Crippen LogP contribution in [-0.2, 0) is 0 Å². The van der Waals surface area contributed by atoms with E-state index in [4.69, 9.17) is 9.97 Å². The van der Waals surface area contributed by atoms with E-state index in [9.17, 15) is 0 Å². The maximum Gasteiger partial charge on any atom is 0.159 e. The van der Waals surface area contributed by atoms with Gasteiger partial charge in [-0.2, -0.15) is 0 Å². The van der Waals surface area contributed by atoms with Gasteiger partial charge in [-0.15, -0.1) is 0 Å². The number of hydrogen-bond donors (Lipinski definition) is 0. The molecule has 0 unspecified atom stereocenters. The van der Waals surface area contributed by atoms with Crippen LogP contribution in [0.2, 0.25) is 13.1 Å². The highest BCUT2D eigenvalue weighted by atomic mass is 28.3. The second-order valence-corrected chi connectivity index (χ2v) is 19.7. The fraction of sp³-hybridized carbons (Fsp3) is 0.0370. The second kappa shape index (κ2) is 14.3. The zero-order valence-corrected chi connectivity index (χ0v) is 33.0. The maximum atomic E-state index is 5.47. The number of benzene rings is 8. The lowest BCUT2D eigenvalue weighted by Crippen LogP contribution is -2.50. The molecule has 0 saturated heterocycles. The highest BCUT2D eigenvalue weighted by molar-refractivity contribution is 7.03. The molecule has 57 heavy (non-hydrogen) atoms. The molecule has 0 atom stereocenters. The van der Waals surface area contributed by atoms with Gasteiger partial charge in [0.2, 0.25) is 0 Å². The number of fused-ring (bicyclic) bond motifs is 3. The molecule has 0 fully saturated rings. The number of aromatic nitrogens is 2. The number of hydrogen-bond acceptors (Lipinski definition) is 2. The molecule has 1 aliphatic rings. The van der Waals surface area contributed by atoms with E-state index in [1.165, 1.54) is 60.6 Å². The third kappa shape index (κ3) is 6.42. The van der Waals surface area contributed by atoms with Gasteiger partial charge in [0.25, 0.3) is 0 Å². The van der Waals surface area contributed by atoms with Crippen LogP contribution in [0.5, 0.6) is 0 Å². The lowest BCUT2D eigenvalue weighted by atomic mass is 9.89. The average molecular weight is 745 g/mol. The summed E-state index contributed by atoms with van der Waals surface area (Å²) < 4.78 is 0. The van der Waals surface area contributed by atoms with Crippen molar-refractivity contribution in [1.29, 1.82) is 0 Å². The summed E-state index contributed by atoms with van der Waals surface area (Å²) in [7, 11) is -2.09. The molecule has 0 aliphatic carbocycles. The minimum atomic E-state index is -2.09. The SMILES string of the molecule is C[Si]1(C)c2ccccc2-c2c(-c3ccccc3)nc(-c3cccc(-c4cc(-c5ccccc5)cc(-c5cc(-c6ccccc6)cc(-c6ccccc6)c5)c4)c3)nc21. The third-order valence-electron chi connectivity index (χ3n) is 11.4. The van der Waals surface area contributed by atoms with Crippen molar-refractivity contribution in [3.05, 3.63) is 206 Å². The minimum absolute atomic E-state index is 0.769. The second-order valence-electron chi connectivity index (χ2n) is 15.4. The van der Waals surface area contributed by atoms with Gasteiger partial charge in [0.05, 0.1) is 5.69 Å². The van der Waals surface area contributed by atoms with Crippen LogP contribution in [-0.4, -0.2) is 18.0 Å². The molecule has 0 spiro atoms. The van der Waals surface area contributed by atoms with Crippen molar-refractivity contribution in [1.82, 2.24) is 9.97 Å². The Morgan fingerprint density at radius 3 is 1.19 bits per heavy atom. The molecule has 0 amide bonds. The predicted octanol–water partition coefficient (Wildman–Crippen LogP) is 12.9. The van der Waals surface area contributed by atoms with Crippen LogP contribution in [0.15, 0.2) is 206 Å². The first-order chi connectivity index (χ1) is 28.0. The Hall–Kier alpha value is -6.94. The molecule has 3 heteroatoms. The monoisotopic (exact) mass is 744 g/mol. The van der Waals surface area contributed by atoms with Crippen LogP contribution >= 0.6 is 0 Å². The molecule has 0 saturated carbocycles. The third-order valence-corrected chi connectivity index (χ3v) is 14.7. The van der Waals surface area contributed by atoms with E-state index in [0.717, 1.165) is 39.3 Å². The normalized spacial score (nSPS) is 12.5. The lowest BCUT2D eigenvalue weighted by Gasteiger charge is -2.19. The van der Waals surface area contributed by atoms with Gasteiger partial charge < -0.3 is 0 Å². The number of nitrogens with zero attached hydrogens (tertiary/aromatic N) is 2. The molecular weight excluding hydrogens is 705 g/mol. The standard InChI is InChI=1S/C54H40N2Si/c1-57(2)50-29-16-15-28-49(50)51-52(40-24-13-6-14-25-40)55-53(56-54(51)57)42-27-17-26-41(30-42)46-32-45(39-22-11-5-12-23-39)35-48(36-46)47-33-43(37-18-7-3-8-19-37)31-44(34-47)38-20-9-4-10-21-38/h3-36H,1-2H3. The van der Waals surface area contributed by atoms with Crippen molar-refractivity contribution in [2.75, 3.05) is 0 Å². The molecule has 0 bridgehead atoms. The molecule has 9 aromatic rings. The summed E-state index contributed by atoms with van der Waals surface area (Å²) in [4.78, 5) is 10.9. The van der Waals surface area contributed by atoms with E-state index in [2.05, 4.69) is 219 Å². The molecule has 2 nitrogen and oxygen atoms in total. The Kier molecular flexibility index (Phi) is 8.66. The topological polar surface area (TPSA) is 25.8 Å². The van der Waals surface area contributed by atoms with Gasteiger partial charge in [0.1, 0.15) is 8.07 Å². The largest absolute Gasteiger partial charge is 0.237 e. The Bertz CT molecular complexity index is 2850. The number of rotatable bonds is 7. The Morgan fingerprint density at radius 2 is 0.684 bits per heavy atom. The molecule has 1 aromatic heterocycles. The van der Waals surface area contributed by atoms with E-state index in [1.807, 2.05) is 0 Å². The van der Waals surface area contributed by atoms with Gasteiger partial charge in [-0.05, 0) is 109 Å². The first-order valence-corrected chi connectivity index (χ1v) is 22.6. The van der Waals surface area contributed by atoms with Crippen molar-refractivity contribution in [3.8, 4) is 89.4 Å². The molecular formula is C54H40N2Si. The predicted molar refractivity (Wildman–Crippen MR) is 242 cm³/mol. The van der Waals surface area contributed by atoms with Crippen LogP contribution in [0.25, 0.3) is 89.4 Å². The smallest absolute Gasteiger partial charge is 0.159 e. The summed E-state index contributed by atoms with van der Waals surface area (Å²) in [6.45, 7) is 4.85. The highest BCUT2D eigenvalue weighted by Crippen LogP contribution is 2.39. The summed E-state index contributed by atoms with van der Waals surface area (Å²) >= 11 is 0. The van der Waals surface area contributed by atoms with Crippen molar-refractivity contribution in [2.24, 2.45) is 0 Å². The van der Waals surface area contributed by atoms with Crippen LogP contribution in [0.4, 0.5) is 0 Å². The van der Waals surface area contributed by atoms with Crippen LogP contribution in [0.3, 0.4) is 0 Å². The van der Waals surface area contributed by atoms with Crippen molar-refractivity contribution in [3.63, 3.8) is 0 Å². The van der Waals surface area contributed by atoms with E-state index in [-0.39, 0.29) is 0 Å². The van der Waals surface area contributed by atoms with Gasteiger partial charge in [0, 0.05) is 22.0 Å². The fourth-order valence-corrected chi connectivity index (χ4v) is 11.4. The van der Waals surface area contributed by atoms with Gasteiger partial charge in [-0.3, -0.25) is 0 Å². The fourth-order valence-electron chi connectivity index (χ4n) is 8.46. The molecule has 1 aliphatic heterocycles. The van der Waals surface area contributed by atoms with Gasteiger partial charge >= 0.3 is 0 Å². The van der Waals surface area contributed by atoms with E-state index < -0.39 is 8.07 Å². The summed E-state index contributed by atoms with van der Waals surface area (Å²) in [6, 6.07) is 74.3. The van der Waals surface area contributed by atoms with E-state index in [0.29, 0.717) is 0 Å². The van der Waals surface area contributed by atoms with Gasteiger partial charge in [0.15, 0.2) is 5.82 Å². The van der Waals surface area contributed by atoms with Gasteiger partial charge in [-0.1, -0.05) is 177 Å². The van der Waals surface area contributed by atoms with Crippen molar-refractivity contribution < 1.29 is 0 Å². The van der Waals surface area contributed by atoms with E-state index >= 15 is 0 Å². The zero-order chi connectivity index (χ0) is 38.3.